The summed E-state index contributed by atoms with van der Waals surface area (Å²) in [5, 5.41) is 8.70. The van der Waals surface area contributed by atoms with Crippen LogP contribution in [-0.2, 0) is 0 Å². The van der Waals surface area contributed by atoms with Crippen molar-refractivity contribution in [1.82, 2.24) is 0 Å². The number of thioether (sulfide) groups is 1. The summed E-state index contributed by atoms with van der Waals surface area (Å²) < 4.78 is 0. The summed E-state index contributed by atoms with van der Waals surface area (Å²) in [5.74, 6) is 2.31. The van der Waals surface area contributed by atoms with Gasteiger partial charge in [-0.05, 0) is 42.8 Å². The smallest absolute Gasteiger partial charge is 0.0505 e. The molecule has 0 aliphatic carbocycles. The first kappa shape index (κ1) is 16.3. The second-order valence-corrected chi connectivity index (χ2v) is 5.81. The van der Waals surface area contributed by atoms with Crippen molar-refractivity contribution in [3.05, 3.63) is 35.9 Å². The lowest BCUT2D eigenvalue weighted by Gasteiger charge is -2.09. The van der Waals surface area contributed by atoms with Crippen molar-refractivity contribution in [2.45, 2.75) is 38.6 Å². The average molecular weight is 279 g/mol. The Labute approximate surface area is 121 Å². The van der Waals surface area contributed by atoms with Crippen molar-refractivity contribution in [1.29, 1.82) is 0 Å². The van der Waals surface area contributed by atoms with Crippen LogP contribution in [0.1, 0.15) is 38.2 Å². The van der Waals surface area contributed by atoms with E-state index in [2.05, 4.69) is 24.0 Å². The fourth-order valence-corrected chi connectivity index (χ4v) is 2.80. The number of aliphatic hydroxyl groups is 1. The summed E-state index contributed by atoms with van der Waals surface area (Å²) in [7, 11) is 0. The second kappa shape index (κ2) is 11.1. The van der Waals surface area contributed by atoms with Crippen LogP contribution in [0, 0.1) is 0 Å². The van der Waals surface area contributed by atoms with Crippen molar-refractivity contribution >= 4 is 18.0 Å². The molecule has 1 unspecified atom stereocenters. The van der Waals surface area contributed by atoms with Crippen molar-refractivity contribution in [3.63, 3.8) is 0 Å². The lowest BCUT2D eigenvalue weighted by atomic mass is 10.2. The van der Waals surface area contributed by atoms with Gasteiger partial charge in [0.05, 0.1) is 6.04 Å². The molecule has 0 spiro atoms. The molecule has 0 fully saturated rings. The molecule has 0 saturated heterocycles. The quantitative estimate of drug-likeness (QED) is 0.522. The number of nitrogens with zero attached hydrogens (tertiary/aromatic N) is 1. The van der Waals surface area contributed by atoms with Gasteiger partial charge in [-0.25, -0.2) is 0 Å². The fourth-order valence-electron chi connectivity index (χ4n) is 1.75. The van der Waals surface area contributed by atoms with Gasteiger partial charge >= 0.3 is 0 Å². The highest BCUT2D eigenvalue weighted by molar-refractivity contribution is 7.99. The maximum atomic E-state index is 8.70. The molecule has 1 aromatic carbocycles. The minimum atomic E-state index is 0.319. The molecule has 1 rings (SSSR count). The van der Waals surface area contributed by atoms with Gasteiger partial charge < -0.3 is 5.11 Å². The standard InChI is InChI=1S/C16H25NOS/c1-2-16(10-13-19-12-7-6-11-18)17-14-15-8-4-3-5-9-15/h3-5,8-9,14,16,18H,2,6-7,10-13H2,1H3. The number of hydrogen-bond donors (Lipinski definition) is 1. The van der Waals surface area contributed by atoms with Crippen molar-refractivity contribution in [2.24, 2.45) is 4.99 Å². The van der Waals surface area contributed by atoms with Gasteiger partial charge in [-0.15, -0.1) is 0 Å². The average Bonchev–Trinajstić information content (AvgIpc) is 2.47. The number of rotatable bonds is 10. The molecular formula is C16H25NOS. The normalized spacial score (nSPS) is 12.9. The van der Waals surface area contributed by atoms with Gasteiger partial charge in [-0.3, -0.25) is 4.99 Å². The van der Waals surface area contributed by atoms with Crippen LogP contribution in [-0.4, -0.2) is 35.5 Å². The molecule has 0 amide bonds. The number of aliphatic imine (C=N–C) groups is 1. The predicted octanol–water partition coefficient (Wildman–Crippen LogP) is 3.78. The van der Waals surface area contributed by atoms with E-state index in [1.807, 2.05) is 36.2 Å². The van der Waals surface area contributed by atoms with E-state index in [1.165, 1.54) is 5.56 Å². The van der Waals surface area contributed by atoms with Crippen molar-refractivity contribution in [3.8, 4) is 0 Å². The van der Waals surface area contributed by atoms with E-state index < -0.39 is 0 Å². The Bertz CT molecular complexity index is 340. The summed E-state index contributed by atoms with van der Waals surface area (Å²) in [6.45, 7) is 2.52. The number of aliphatic hydroxyl groups excluding tert-OH is 1. The van der Waals surface area contributed by atoms with Crippen LogP contribution in [0.25, 0.3) is 0 Å². The number of hydrogen-bond acceptors (Lipinski definition) is 3. The summed E-state index contributed by atoms with van der Waals surface area (Å²) in [5.41, 5.74) is 1.18. The van der Waals surface area contributed by atoms with E-state index in [-0.39, 0.29) is 0 Å². The Hall–Kier alpha value is -0.800. The van der Waals surface area contributed by atoms with Gasteiger partial charge in [0.25, 0.3) is 0 Å². The van der Waals surface area contributed by atoms with Gasteiger partial charge in [-0.1, -0.05) is 37.3 Å². The molecule has 0 heterocycles. The Balaban J connectivity index is 2.20. The van der Waals surface area contributed by atoms with Gasteiger partial charge in [0, 0.05) is 12.8 Å². The number of benzene rings is 1. The zero-order chi connectivity index (χ0) is 13.8. The molecule has 2 nitrogen and oxygen atoms in total. The topological polar surface area (TPSA) is 32.6 Å². The van der Waals surface area contributed by atoms with E-state index in [4.69, 9.17) is 5.11 Å². The minimum Gasteiger partial charge on any atom is -0.396 e. The number of unbranched alkanes of at least 4 members (excludes halogenated alkanes) is 1. The Morgan fingerprint density at radius 1 is 1.21 bits per heavy atom. The minimum absolute atomic E-state index is 0.319. The van der Waals surface area contributed by atoms with Crippen molar-refractivity contribution < 1.29 is 5.11 Å². The zero-order valence-corrected chi connectivity index (χ0v) is 12.6. The third kappa shape index (κ3) is 8.06. The molecule has 1 aromatic rings. The molecule has 0 bridgehead atoms. The summed E-state index contributed by atoms with van der Waals surface area (Å²) >= 11 is 1.97. The largest absolute Gasteiger partial charge is 0.396 e. The summed E-state index contributed by atoms with van der Waals surface area (Å²) in [6, 6.07) is 10.7. The highest BCUT2D eigenvalue weighted by atomic mass is 32.2. The highest BCUT2D eigenvalue weighted by Crippen LogP contribution is 2.12. The van der Waals surface area contributed by atoms with E-state index >= 15 is 0 Å². The first-order valence-corrected chi connectivity index (χ1v) is 8.29. The van der Waals surface area contributed by atoms with E-state index in [1.54, 1.807) is 0 Å². The van der Waals surface area contributed by atoms with Crippen LogP contribution in [0.15, 0.2) is 35.3 Å². The highest BCUT2D eigenvalue weighted by Gasteiger charge is 2.02. The molecule has 0 aliphatic heterocycles. The maximum absolute atomic E-state index is 8.70. The second-order valence-electron chi connectivity index (χ2n) is 4.58. The Morgan fingerprint density at radius 2 is 2.00 bits per heavy atom. The molecule has 1 atom stereocenters. The molecule has 0 saturated carbocycles. The predicted molar refractivity (Wildman–Crippen MR) is 86.4 cm³/mol. The van der Waals surface area contributed by atoms with Gasteiger partial charge in [-0.2, -0.15) is 11.8 Å². The Kier molecular flexibility index (Phi) is 9.46. The van der Waals surface area contributed by atoms with Crippen LogP contribution in [0.5, 0.6) is 0 Å². The lowest BCUT2D eigenvalue weighted by Crippen LogP contribution is -2.05. The monoisotopic (exact) mass is 279 g/mol. The van der Waals surface area contributed by atoms with Crippen LogP contribution >= 0.6 is 11.8 Å². The maximum Gasteiger partial charge on any atom is 0.0505 e. The third-order valence-corrected chi connectivity index (χ3v) is 4.10. The molecule has 3 heteroatoms. The van der Waals surface area contributed by atoms with Crippen molar-refractivity contribution in [2.75, 3.05) is 18.1 Å². The van der Waals surface area contributed by atoms with E-state index in [0.717, 1.165) is 37.2 Å². The van der Waals surface area contributed by atoms with Gasteiger partial charge in [0.15, 0.2) is 0 Å². The summed E-state index contributed by atoms with van der Waals surface area (Å²) in [4.78, 5) is 4.67. The van der Waals surface area contributed by atoms with Crippen LogP contribution < -0.4 is 0 Å². The zero-order valence-electron chi connectivity index (χ0n) is 11.8. The van der Waals surface area contributed by atoms with Crippen LogP contribution in [0.3, 0.4) is 0 Å². The van der Waals surface area contributed by atoms with Gasteiger partial charge in [0.1, 0.15) is 0 Å². The molecule has 0 radical (unpaired) electrons. The van der Waals surface area contributed by atoms with Gasteiger partial charge in [0.2, 0.25) is 0 Å². The summed E-state index contributed by atoms with van der Waals surface area (Å²) in [6.07, 6.45) is 6.27. The molecule has 1 N–H and O–H groups in total. The molecular weight excluding hydrogens is 254 g/mol. The Morgan fingerprint density at radius 3 is 2.68 bits per heavy atom. The SMILES string of the molecule is CCC(CCSCCCCO)N=Cc1ccccc1. The van der Waals surface area contributed by atoms with E-state index in [0.29, 0.717) is 12.6 Å². The fraction of sp³-hybridized carbons (Fsp3) is 0.562. The lowest BCUT2D eigenvalue weighted by molar-refractivity contribution is 0.287. The molecule has 0 aliphatic rings. The first-order valence-electron chi connectivity index (χ1n) is 7.13. The molecule has 19 heavy (non-hydrogen) atoms. The molecule has 106 valence electrons. The van der Waals surface area contributed by atoms with E-state index in [9.17, 15) is 0 Å². The molecule has 0 aromatic heterocycles. The van der Waals surface area contributed by atoms with Crippen LogP contribution in [0.4, 0.5) is 0 Å². The first-order chi connectivity index (χ1) is 9.36. The third-order valence-electron chi connectivity index (χ3n) is 3.00. The van der Waals surface area contributed by atoms with Crippen LogP contribution in [0.2, 0.25) is 0 Å².